The van der Waals surface area contributed by atoms with Gasteiger partial charge >= 0.3 is 0 Å². The predicted octanol–water partition coefficient (Wildman–Crippen LogP) is 4.37. The van der Waals surface area contributed by atoms with Gasteiger partial charge in [-0.25, -0.2) is 0 Å². The average molecular weight is 406 g/mol. The Morgan fingerprint density at radius 1 is 1.00 bits per heavy atom. The monoisotopic (exact) mass is 406 g/mol. The van der Waals surface area contributed by atoms with E-state index in [1.54, 1.807) is 61.7 Å². The van der Waals surface area contributed by atoms with Crippen LogP contribution in [0.2, 0.25) is 0 Å². The van der Waals surface area contributed by atoms with Crippen molar-refractivity contribution in [3.05, 3.63) is 90.6 Å². The van der Waals surface area contributed by atoms with Crippen molar-refractivity contribution in [2.75, 3.05) is 26.1 Å². The SMILES string of the molecule is C=C/C=C(\C=C)CCNC(=O)c1cccc(OC)c1NC(=O)c1ccc(OC)cc1. The van der Waals surface area contributed by atoms with Crippen LogP contribution in [-0.2, 0) is 0 Å². The molecule has 0 fully saturated rings. The molecular formula is C24H26N2O4. The van der Waals surface area contributed by atoms with E-state index in [2.05, 4.69) is 23.8 Å². The van der Waals surface area contributed by atoms with E-state index in [0.717, 1.165) is 5.57 Å². The fourth-order valence-electron chi connectivity index (χ4n) is 2.77. The summed E-state index contributed by atoms with van der Waals surface area (Å²) in [6, 6.07) is 11.7. The Hall–Kier alpha value is -3.80. The van der Waals surface area contributed by atoms with Crippen molar-refractivity contribution in [1.29, 1.82) is 0 Å². The fourth-order valence-corrected chi connectivity index (χ4v) is 2.77. The normalized spacial score (nSPS) is 10.7. The largest absolute Gasteiger partial charge is 0.497 e. The lowest BCUT2D eigenvalue weighted by Crippen LogP contribution is -2.26. The van der Waals surface area contributed by atoms with Gasteiger partial charge < -0.3 is 20.1 Å². The number of hydrogen-bond acceptors (Lipinski definition) is 4. The second-order valence-electron chi connectivity index (χ2n) is 6.25. The average Bonchev–Trinajstić information content (AvgIpc) is 2.78. The molecule has 2 aromatic rings. The highest BCUT2D eigenvalue weighted by atomic mass is 16.5. The van der Waals surface area contributed by atoms with Gasteiger partial charge in [-0.15, -0.1) is 0 Å². The van der Waals surface area contributed by atoms with Gasteiger partial charge in [0.25, 0.3) is 11.8 Å². The summed E-state index contributed by atoms with van der Waals surface area (Å²) in [7, 11) is 3.04. The van der Waals surface area contributed by atoms with E-state index in [9.17, 15) is 9.59 Å². The van der Waals surface area contributed by atoms with Gasteiger partial charge in [0, 0.05) is 12.1 Å². The van der Waals surface area contributed by atoms with E-state index in [1.165, 1.54) is 7.11 Å². The Balaban J connectivity index is 2.19. The summed E-state index contributed by atoms with van der Waals surface area (Å²) in [5, 5.41) is 5.65. The number of carbonyl (C=O) groups is 2. The van der Waals surface area contributed by atoms with Crippen molar-refractivity contribution in [2.24, 2.45) is 0 Å². The molecular weight excluding hydrogens is 380 g/mol. The fraction of sp³-hybridized carbons (Fsp3) is 0.167. The third-order valence-corrected chi connectivity index (χ3v) is 4.37. The molecule has 156 valence electrons. The standard InChI is InChI=1S/C24H26N2O4/c1-5-8-17(6-2)15-16-25-24(28)20-9-7-10-21(30-4)22(20)26-23(27)18-11-13-19(29-3)14-12-18/h5-14H,1-2,15-16H2,3-4H3,(H,25,28)(H,26,27)/b17-8+. The number of amides is 2. The smallest absolute Gasteiger partial charge is 0.255 e. The number of carbonyl (C=O) groups excluding carboxylic acids is 2. The number of anilines is 1. The van der Waals surface area contributed by atoms with Crippen LogP contribution >= 0.6 is 0 Å². The first-order valence-corrected chi connectivity index (χ1v) is 9.38. The molecule has 30 heavy (non-hydrogen) atoms. The summed E-state index contributed by atoms with van der Waals surface area (Å²) in [6.07, 6.45) is 5.84. The molecule has 0 aliphatic rings. The van der Waals surface area contributed by atoms with Crippen LogP contribution in [0.3, 0.4) is 0 Å². The zero-order chi connectivity index (χ0) is 21.9. The summed E-state index contributed by atoms with van der Waals surface area (Å²) >= 11 is 0. The van der Waals surface area contributed by atoms with Gasteiger partial charge in [-0.3, -0.25) is 9.59 Å². The molecule has 0 aliphatic heterocycles. The number of allylic oxidation sites excluding steroid dienone is 3. The van der Waals surface area contributed by atoms with Gasteiger partial charge in [0.05, 0.1) is 25.5 Å². The molecule has 0 bridgehead atoms. The summed E-state index contributed by atoms with van der Waals surface area (Å²) in [5.41, 5.74) is 2.01. The Morgan fingerprint density at radius 2 is 1.73 bits per heavy atom. The van der Waals surface area contributed by atoms with Crippen LogP contribution in [0.15, 0.2) is 79.4 Å². The third-order valence-electron chi connectivity index (χ3n) is 4.37. The first-order chi connectivity index (χ1) is 14.5. The maximum Gasteiger partial charge on any atom is 0.255 e. The molecule has 0 aliphatic carbocycles. The molecule has 0 unspecified atom stereocenters. The van der Waals surface area contributed by atoms with Gasteiger partial charge in [-0.2, -0.15) is 0 Å². The molecule has 2 rings (SSSR count). The van der Waals surface area contributed by atoms with Gasteiger partial charge in [-0.1, -0.05) is 37.5 Å². The van der Waals surface area contributed by atoms with E-state index >= 15 is 0 Å². The van der Waals surface area contributed by atoms with E-state index in [4.69, 9.17) is 9.47 Å². The third kappa shape index (κ3) is 5.85. The van der Waals surface area contributed by atoms with E-state index in [-0.39, 0.29) is 11.8 Å². The topological polar surface area (TPSA) is 76.7 Å². The summed E-state index contributed by atoms with van der Waals surface area (Å²) in [5.74, 6) is 0.358. The molecule has 2 aromatic carbocycles. The van der Waals surface area contributed by atoms with Crippen LogP contribution in [0.1, 0.15) is 27.1 Å². The minimum Gasteiger partial charge on any atom is -0.497 e. The maximum absolute atomic E-state index is 12.8. The van der Waals surface area contributed by atoms with Gasteiger partial charge in [0.1, 0.15) is 11.5 Å². The molecule has 6 nitrogen and oxygen atoms in total. The summed E-state index contributed by atoms with van der Waals surface area (Å²) in [6.45, 7) is 7.81. The van der Waals surface area contributed by atoms with E-state index in [0.29, 0.717) is 41.3 Å². The van der Waals surface area contributed by atoms with Gasteiger partial charge in [-0.05, 0) is 48.4 Å². The number of nitrogens with one attached hydrogen (secondary N) is 2. The quantitative estimate of drug-likeness (QED) is 0.574. The lowest BCUT2D eigenvalue weighted by Gasteiger charge is -2.15. The number of ether oxygens (including phenoxy) is 2. The van der Waals surface area contributed by atoms with E-state index in [1.807, 2.05) is 6.08 Å². The van der Waals surface area contributed by atoms with Crippen molar-refractivity contribution >= 4 is 17.5 Å². The minimum atomic E-state index is -0.362. The van der Waals surface area contributed by atoms with Crippen molar-refractivity contribution in [2.45, 2.75) is 6.42 Å². The highest BCUT2D eigenvalue weighted by Crippen LogP contribution is 2.29. The molecule has 2 N–H and O–H groups in total. The maximum atomic E-state index is 12.8. The number of para-hydroxylation sites is 1. The Morgan fingerprint density at radius 3 is 2.33 bits per heavy atom. The first-order valence-electron chi connectivity index (χ1n) is 9.38. The minimum absolute atomic E-state index is 0.309. The Kier molecular flexibility index (Phi) is 8.44. The van der Waals surface area contributed by atoms with Crippen molar-refractivity contribution in [3.63, 3.8) is 0 Å². The Labute approximate surface area is 176 Å². The number of benzene rings is 2. The lowest BCUT2D eigenvalue weighted by molar-refractivity contribution is 0.0955. The molecule has 0 radical (unpaired) electrons. The van der Waals surface area contributed by atoms with Crippen molar-refractivity contribution < 1.29 is 19.1 Å². The van der Waals surface area contributed by atoms with Crippen LogP contribution in [0.4, 0.5) is 5.69 Å². The highest BCUT2D eigenvalue weighted by molar-refractivity contribution is 6.10. The Bertz CT molecular complexity index is 946. The summed E-state index contributed by atoms with van der Waals surface area (Å²) < 4.78 is 10.5. The second-order valence-corrected chi connectivity index (χ2v) is 6.25. The predicted molar refractivity (Wildman–Crippen MR) is 119 cm³/mol. The number of hydrogen-bond donors (Lipinski definition) is 2. The van der Waals surface area contributed by atoms with E-state index < -0.39 is 0 Å². The van der Waals surface area contributed by atoms with Crippen LogP contribution < -0.4 is 20.1 Å². The highest BCUT2D eigenvalue weighted by Gasteiger charge is 2.18. The molecule has 0 heterocycles. The second kappa shape index (κ2) is 11.3. The van der Waals surface area contributed by atoms with Crippen LogP contribution in [0.25, 0.3) is 0 Å². The van der Waals surface area contributed by atoms with Gasteiger partial charge in [0.15, 0.2) is 0 Å². The number of methoxy groups -OCH3 is 2. The zero-order valence-electron chi connectivity index (χ0n) is 17.2. The summed E-state index contributed by atoms with van der Waals surface area (Å²) in [4.78, 5) is 25.5. The lowest BCUT2D eigenvalue weighted by atomic mass is 10.1. The number of rotatable bonds is 10. The van der Waals surface area contributed by atoms with Gasteiger partial charge in [0.2, 0.25) is 0 Å². The molecule has 0 atom stereocenters. The molecule has 0 spiro atoms. The first kappa shape index (κ1) is 22.5. The zero-order valence-corrected chi connectivity index (χ0v) is 17.2. The van der Waals surface area contributed by atoms with Crippen LogP contribution in [-0.4, -0.2) is 32.6 Å². The van der Waals surface area contributed by atoms with Crippen molar-refractivity contribution in [1.82, 2.24) is 5.32 Å². The molecule has 6 heteroatoms. The van der Waals surface area contributed by atoms with Crippen LogP contribution in [0.5, 0.6) is 11.5 Å². The molecule has 0 saturated carbocycles. The van der Waals surface area contributed by atoms with Crippen LogP contribution in [0, 0.1) is 0 Å². The van der Waals surface area contributed by atoms with Crippen molar-refractivity contribution in [3.8, 4) is 11.5 Å². The molecule has 2 amide bonds. The molecule has 0 aromatic heterocycles. The molecule has 0 saturated heterocycles.